The van der Waals surface area contributed by atoms with Crippen molar-refractivity contribution in [3.63, 3.8) is 0 Å². The molecule has 0 spiro atoms. The van der Waals surface area contributed by atoms with Crippen LogP contribution in [-0.2, 0) is 36.4 Å². The van der Waals surface area contributed by atoms with Gasteiger partial charge in [0.1, 0.15) is 57.6 Å². The van der Waals surface area contributed by atoms with E-state index in [1.165, 1.54) is 4.90 Å². The van der Waals surface area contributed by atoms with Crippen LogP contribution in [0.2, 0.25) is 0 Å². The molecule has 204 valence electrons. The van der Waals surface area contributed by atoms with E-state index in [1.807, 2.05) is 26.7 Å². The van der Waals surface area contributed by atoms with Gasteiger partial charge in [-0.2, -0.15) is 0 Å². The number of imide groups is 1. The predicted molar refractivity (Wildman–Crippen MR) is 174 cm³/mol. The lowest BCUT2D eigenvalue weighted by Gasteiger charge is -2.44. The minimum Gasteiger partial charge on any atom is -0.501 e. The molecular formula is C25H32B7N3O6. The van der Waals surface area contributed by atoms with Crippen LogP contribution in [0.25, 0.3) is 0 Å². The third-order valence-electron chi connectivity index (χ3n) is 8.92. The van der Waals surface area contributed by atoms with Crippen LogP contribution in [-0.4, -0.2) is 114 Å². The maximum atomic E-state index is 13.3. The van der Waals surface area contributed by atoms with Crippen LogP contribution in [0.1, 0.15) is 39.9 Å². The van der Waals surface area contributed by atoms with Crippen LogP contribution in [0, 0.1) is 0 Å². The van der Waals surface area contributed by atoms with Gasteiger partial charge < -0.3 is 19.3 Å². The number of ether oxygens (including phenoxy) is 2. The number of fused-ring (bicyclic) bond motifs is 1. The molecule has 0 aromatic heterocycles. The number of carbonyl (C=O) groups is 4. The summed E-state index contributed by atoms with van der Waals surface area (Å²) in [6, 6.07) is 6.89. The van der Waals surface area contributed by atoms with Crippen LogP contribution in [0.3, 0.4) is 0 Å². The molecule has 4 amide bonds. The van der Waals surface area contributed by atoms with Crippen LogP contribution in [0.15, 0.2) is 24.3 Å². The quantitative estimate of drug-likeness (QED) is 0.285. The van der Waals surface area contributed by atoms with Crippen LogP contribution >= 0.6 is 0 Å². The Morgan fingerprint density at radius 1 is 1.02 bits per heavy atom. The minimum atomic E-state index is -0.753. The highest BCUT2D eigenvalue weighted by molar-refractivity contribution is 6.56. The number of hydrogen-bond donors (Lipinski definition) is 1. The number of morpholine rings is 1. The van der Waals surface area contributed by atoms with Crippen LogP contribution in [0.4, 0.5) is 0 Å². The molecule has 5 rings (SSSR count). The summed E-state index contributed by atoms with van der Waals surface area (Å²) in [4.78, 5) is 53.6. The van der Waals surface area contributed by atoms with Gasteiger partial charge in [0.2, 0.25) is 17.7 Å². The van der Waals surface area contributed by atoms with Gasteiger partial charge in [-0.15, -0.1) is 0 Å². The van der Waals surface area contributed by atoms with E-state index in [1.54, 1.807) is 12.1 Å². The number of piperidine rings is 1. The molecule has 16 heteroatoms. The zero-order chi connectivity index (χ0) is 29.9. The van der Waals surface area contributed by atoms with E-state index in [2.05, 4.69) is 50.6 Å². The standard InChI is InChI=1S/C25H32B7N3O6/c26-14-8-13(24(29,30)35-6-7-40-10-18(35)37)20(27)21(28)19(14)25(31,32)41-16-3-1-2-11-12(16)9-34(23(11)39)15-4-5-17(36)33-22(15)38/h1-3,8,15H,4-7,9-10,26-32H2,(H,33,36,38). The first kappa shape index (κ1) is 29.2. The summed E-state index contributed by atoms with van der Waals surface area (Å²) in [5.74, 6) is -0.398. The van der Waals surface area contributed by atoms with Crippen molar-refractivity contribution >= 4 is 94.9 Å². The second kappa shape index (κ2) is 10.5. The Bertz CT molecular complexity index is 1480. The number of rotatable bonds is 6. The van der Waals surface area contributed by atoms with Gasteiger partial charge in [0.15, 0.2) is 15.7 Å². The molecule has 1 unspecified atom stereocenters. The van der Waals surface area contributed by atoms with Crippen molar-refractivity contribution in [3.8, 4) is 5.75 Å². The van der Waals surface area contributed by atoms with E-state index in [0.29, 0.717) is 30.9 Å². The number of amides is 4. The summed E-state index contributed by atoms with van der Waals surface area (Å²) in [5.41, 5.74) is 6.64. The lowest BCUT2D eigenvalue weighted by Crippen LogP contribution is -2.59. The van der Waals surface area contributed by atoms with Gasteiger partial charge in [0.25, 0.3) is 5.91 Å². The summed E-state index contributed by atoms with van der Waals surface area (Å²) in [5, 5.41) is 1.09. The van der Waals surface area contributed by atoms with Crippen molar-refractivity contribution in [2.45, 2.75) is 36.2 Å². The second-order valence-electron chi connectivity index (χ2n) is 12.3. The van der Waals surface area contributed by atoms with Crippen molar-refractivity contribution in [2.24, 2.45) is 0 Å². The van der Waals surface area contributed by atoms with Gasteiger partial charge >= 0.3 is 0 Å². The lowest BCUT2D eigenvalue weighted by molar-refractivity contribution is -0.145. The Hall–Kier alpha value is -3.27. The number of hydrogen-bond acceptors (Lipinski definition) is 6. The average Bonchev–Trinajstić information content (AvgIpc) is 3.23. The highest BCUT2D eigenvalue weighted by Crippen LogP contribution is 2.35. The lowest BCUT2D eigenvalue weighted by atomic mass is 9.49. The molecule has 2 fully saturated rings. The molecular weight excluding hydrogens is 514 g/mol. The van der Waals surface area contributed by atoms with Gasteiger partial charge in [-0.3, -0.25) is 24.5 Å². The van der Waals surface area contributed by atoms with Gasteiger partial charge in [0, 0.05) is 29.4 Å². The Morgan fingerprint density at radius 2 is 1.76 bits per heavy atom. The molecule has 3 aliphatic rings. The van der Waals surface area contributed by atoms with Gasteiger partial charge in [-0.05, 0) is 29.7 Å². The first-order valence-electron chi connectivity index (χ1n) is 14.2. The molecule has 1 atom stereocenters. The Labute approximate surface area is 246 Å². The van der Waals surface area contributed by atoms with Crippen molar-refractivity contribution in [1.29, 1.82) is 0 Å². The van der Waals surface area contributed by atoms with Gasteiger partial charge in [0.05, 0.1) is 18.6 Å². The second-order valence-corrected chi connectivity index (χ2v) is 12.3. The largest absolute Gasteiger partial charge is 0.501 e. The number of benzene rings is 2. The molecule has 1 N–H and O–H groups in total. The molecule has 0 bridgehead atoms. The van der Waals surface area contributed by atoms with Crippen molar-refractivity contribution in [2.75, 3.05) is 19.8 Å². The molecule has 2 aromatic rings. The molecule has 0 radical (unpaired) electrons. The minimum absolute atomic E-state index is 0.0115. The van der Waals surface area contributed by atoms with E-state index in [4.69, 9.17) is 9.47 Å². The number of nitrogens with one attached hydrogen (secondary N) is 1. The van der Waals surface area contributed by atoms with E-state index in [0.717, 1.165) is 33.1 Å². The summed E-state index contributed by atoms with van der Waals surface area (Å²) in [7, 11) is 14.4. The maximum absolute atomic E-state index is 13.3. The molecule has 9 nitrogen and oxygen atoms in total. The summed E-state index contributed by atoms with van der Waals surface area (Å²) < 4.78 is 12.1. The summed E-state index contributed by atoms with van der Waals surface area (Å²) >= 11 is 0. The highest BCUT2D eigenvalue weighted by Gasteiger charge is 2.41. The maximum Gasteiger partial charge on any atom is 0.255 e. The fourth-order valence-corrected chi connectivity index (χ4v) is 6.88. The number of carbonyl (C=O) groups excluding carboxylic acids is 4. The third-order valence-corrected chi connectivity index (χ3v) is 8.92. The highest BCUT2D eigenvalue weighted by atomic mass is 16.5. The Morgan fingerprint density at radius 3 is 2.44 bits per heavy atom. The van der Waals surface area contributed by atoms with E-state index in [9.17, 15) is 19.2 Å². The van der Waals surface area contributed by atoms with Crippen LogP contribution < -0.4 is 26.4 Å². The molecule has 3 heterocycles. The van der Waals surface area contributed by atoms with Crippen molar-refractivity contribution in [1.82, 2.24) is 15.1 Å². The predicted octanol–water partition coefficient (Wildman–Crippen LogP) is -8.09. The molecule has 0 saturated carbocycles. The zero-order valence-electron chi connectivity index (χ0n) is 25.0. The molecule has 41 heavy (non-hydrogen) atoms. The first-order chi connectivity index (χ1) is 19.2. The van der Waals surface area contributed by atoms with Gasteiger partial charge in [-0.25, -0.2) is 0 Å². The fourth-order valence-electron chi connectivity index (χ4n) is 6.88. The van der Waals surface area contributed by atoms with Crippen molar-refractivity contribution < 1.29 is 28.7 Å². The molecule has 2 aromatic carbocycles. The van der Waals surface area contributed by atoms with E-state index in [-0.39, 0.29) is 37.3 Å². The fraction of sp³-hybridized carbons (Fsp3) is 0.360. The SMILES string of the molecule is Bc1cc(C(B)(B)N2CCOCC2=O)c(B)c(B)c1C(B)(B)Oc1cccc2c1CN(C1CCC(=O)NC1=O)C2=O. The first-order valence-corrected chi connectivity index (χ1v) is 14.2. The normalized spacial score (nSPS) is 19.8. The topological polar surface area (TPSA) is 105 Å². The average molecular weight is 546 g/mol. The third kappa shape index (κ3) is 5.04. The Kier molecular flexibility index (Phi) is 7.51. The van der Waals surface area contributed by atoms with Crippen LogP contribution in [0.5, 0.6) is 5.75 Å². The molecule has 3 aliphatic heterocycles. The Balaban J connectivity index is 1.46. The summed E-state index contributed by atoms with van der Waals surface area (Å²) in [6.07, 6.45) is 0.514. The zero-order valence-corrected chi connectivity index (χ0v) is 25.0. The van der Waals surface area contributed by atoms with Crippen molar-refractivity contribution in [3.05, 3.63) is 46.5 Å². The van der Waals surface area contributed by atoms with Gasteiger partial charge in [-0.1, -0.05) is 28.5 Å². The monoisotopic (exact) mass is 547 g/mol. The summed E-state index contributed by atoms with van der Waals surface area (Å²) in [6.45, 7) is 1.41. The van der Waals surface area contributed by atoms with E-state index >= 15 is 0 Å². The molecule has 2 saturated heterocycles. The smallest absolute Gasteiger partial charge is 0.255 e. The molecule has 0 aliphatic carbocycles. The van der Waals surface area contributed by atoms with E-state index < -0.39 is 22.7 Å². The number of nitrogens with zero attached hydrogens (tertiary/aromatic N) is 2.